The number of halogens is 1. The van der Waals surface area contributed by atoms with Gasteiger partial charge in [0.2, 0.25) is 0 Å². The van der Waals surface area contributed by atoms with Crippen LogP contribution in [0.5, 0.6) is 5.75 Å². The summed E-state index contributed by atoms with van der Waals surface area (Å²) in [5.74, 6) is 0.298. The molecule has 0 saturated heterocycles. The van der Waals surface area contributed by atoms with Gasteiger partial charge in [0.15, 0.2) is 11.6 Å². The Kier molecular flexibility index (Phi) is 2.66. The third-order valence-electron chi connectivity index (χ3n) is 3.26. The first kappa shape index (κ1) is 11.4. The fraction of sp³-hybridized carbons (Fsp3) is 0.538. The van der Waals surface area contributed by atoms with Crippen molar-refractivity contribution in [2.75, 3.05) is 7.11 Å². The molecule has 0 aromatic heterocycles. The maximum absolute atomic E-state index is 13.8. The number of hydrogen-bond acceptors (Lipinski definition) is 2. The van der Waals surface area contributed by atoms with E-state index < -0.39 is 0 Å². The summed E-state index contributed by atoms with van der Waals surface area (Å²) in [6, 6.07) is 3.53. The number of benzene rings is 1. The van der Waals surface area contributed by atoms with Crippen LogP contribution in [0.3, 0.4) is 0 Å². The quantitative estimate of drug-likeness (QED) is 0.855. The standard InChI is InChI=1S/C13H18FNO/c1-8(2)9-6-10(13(15)4-5-13)12(16-3)11(14)7-9/h6-8H,4-5,15H2,1-3H3. The first-order chi connectivity index (χ1) is 7.48. The highest BCUT2D eigenvalue weighted by Gasteiger charge is 2.43. The molecule has 3 heteroatoms. The predicted molar refractivity (Wildman–Crippen MR) is 62.1 cm³/mol. The highest BCUT2D eigenvalue weighted by Crippen LogP contribution is 2.47. The third kappa shape index (κ3) is 1.80. The number of nitrogens with two attached hydrogens (primary N) is 1. The number of hydrogen-bond donors (Lipinski definition) is 1. The Labute approximate surface area is 95.6 Å². The van der Waals surface area contributed by atoms with Gasteiger partial charge in [-0.25, -0.2) is 4.39 Å². The summed E-state index contributed by atoms with van der Waals surface area (Å²) in [5, 5.41) is 0. The van der Waals surface area contributed by atoms with E-state index in [0.29, 0.717) is 11.7 Å². The lowest BCUT2D eigenvalue weighted by Gasteiger charge is -2.18. The van der Waals surface area contributed by atoms with E-state index in [1.165, 1.54) is 7.11 Å². The van der Waals surface area contributed by atoms with E-state index in [9.17, 15) is 4.39 Å². The molecule has 0 atom stereocenters. The minimum Gasteiger partial charge on any atom is -0.493 e. The van der Waals surface area contributed by atoms with Crippen molar-refractivity contribution in [1.82, 2.24) is 0 Å². The van der Waals surface area contributed by atoms with Gasteiger partial charge in [0.25, 0.3) is 0 Å². The molecule has 1 fully saturated rings. The molecule has 1 aliphatic rings. The summed E-state index contributed by atoms with van der Waals surface area (Å²) in [7, 11) is 1.49. The van der Waals surface area contributed by atoms with Crippen molar-refractivity contribution < 1.29 is 9.13 Å². The van der Waals surface area contributed by atoms with Gasteiger partial charge in [-0.3, -0.25) is 0 Å². The number of ether oxygens (including phenoxy) is 1. The lowest BCUT2D eigenvalue weighted by atomic mass is 9.95. The summed E-state index contributed by atoms with van der Waals surface area (Å²) in [4.78, 5) is 0. The molecule has 2 nitrogen and oxygen atoms in total. The molecule has 0 spiro atoms. The van der Waals surface area contributed by atoms with Crippen molar-refractivity contribution in [2.45, 2.75) is 38.1 Å². The average Bonchev–Trinajstić information content (AvgIpc) is 2.96. The van der Waals surface area contributed by atoms with Gasteiger partial charge >= 0.3 is 0 Å². The fourth-order valence-corrected chi connectivity index (χ4v) is 1.93. The van der Waals surface area contributed by atoms with E-state index in [1.807, 2.05) is 19.9 Å². The first-order valence-electron chi connectivity index (χ1n) is 5.65. The maximum Gasteiger partial charge on any atom is 0.165 e. The van der Waals surface area contributed by atoms with E-state index >= 15 is 0 Å². The molecule has 1 aromatic rings. The molecule has 0 aliphatic heterocycles. The predicted octanol–water partition coefficient (Wildman–Crippen LogP) is 2.91. The fourth-order valence-electron chi connectivity index (χ4n) is 1.93. The Morgan fingerprint density at radius 3 is 2.44 bits per heavy atom. The Morgan fingerprint density at radius 2 is 2.00 bits per heavy atom. The van der Waals surface area contributed by atoms with Crippen LogP contribution < -0.4 is 10.5 Å². The van der Waals surface area contributed by atoms with Crippen LogP contribution >= 0.6 is 0 Å². The molecular weight excluding hydrogens is 205 g/mol. The van der Waals surface area contributed by atoms with Gasteiger partial charge in [0.05, 0.1) is 7.11 Å². The Balaban J connectivity index is 2.55. The van der Waals surface area contributed by atoms with Crippen molar-refractivity contribution in [1.29, 1.82) is 0 Å². The summed E-state index contributed by atoms with van der Waals surface area (Å²) < 4.78 is 19.0. The van der Waals surface area contributed by atoms with Crippen molar-refractivity contribution in [3.8, 4) is 5.75 Å². The van der Waals surface area contributed by atoms with Gasteiger partial charge < -0.3 is 10.5 Å². The van der Waals surface area contributed by atoms with Crippen LogP contribution in [0, 0.1) is 5.82 Å². The van der Waals surface area contributed by atoms with Crippen LogP contribution in [0.15, 0.2) is 12.1 Å². The Hall–Kier alpha value is -1.09. The first-order valence-corrected chi connectivity index (χ1v) is 5.65. The number of methoxy groups -OCH3 is 1. The molecule has 2 N–H and O–H groups in total. The van der Waals surface area contributed by atoms with Gasteiger partial charge in [-0.05, 0) is 36.5 Å². The molecule has 88 valence electrons. The summed E-state index contributed by atoms with van der Waals surface area (Å²) >= 11 is 0. The molecule has 0 amide bonds. The van der Waals surface area contributed by atoms with Crippen molar-refractivity contribution in [2.24, 2.45) is 5.73 Å². The van der Waals surface area contributed by atoms with Crippen LogP contribution in [0.25, 0.3) is 0 Å². The molecule has 0 unspecified atom stereocenters. The highest BCUT2D eigenvalue weighted by molar-refractivity contribution is 5.46. The lowest BCUT2D eigenvalue weighted by Crippen LogP contribution is -2.20. The van der Waals surface area contributed by atoms with Crippen molar-refractivity contribution in [3.63, 3.8) is 0 Å². The van der Waals surface area contributed by atoms with Gasteiger partial charge in [0, 0.05) is 11.1 Å². The smallest absolute Gasteiger partial charge is 0.165 e. The van der Waals surface area contributed by atoms with Crippen LogP contribution in [0.2, 0.25) is 0 Å². The zero-order chi connectivity index (χ0) is 11.9. The van der Waals surface area contributed by atoms with E-state index in [-0.39, 0.29) is 11.4 Å². The maximum atomic E-state index is 13.8. The molecule has 1 aliphatic carbocycles. The van der Waals surface area contributed by atoms with Crippen LogP contribution in [0.4, 0.5) is 4.39 Å². The average molecular weight is 223 g/mol. The minimum atomic E-state index is -0.364. The molecule has 1 aromatic carbocycles. The molecule has 16 heavy (non-hydrogen) atoms. The number of rotatable bonds is 3. The normalized spacial score (nSPS) is 17.6. The minimum absolute atomic E-state index is 0.293. The van der Waals surface area contributed by atoms with Crippen molar-refractivity contribution in [3.05, 3.63) is 29.1 Å². The van der Waals surface area contributed by atoms with Gasteiger partial charge in [0.1, 0.15) is 0 Å². The van der Waals surface area contributed by atoms with Crippen molar-refractivity contribution >= 4 is 0 Å². The van der Waals surface area contributed by atoms with E-state index in [2.05, 4.69) is 0 Å². The highest BCUT2D eigenvalue weighted by atomic mass is 19.1. The largest absolute Gasteiger partial charge is 0.493 e. The SMILES string of the molecule is COc1c(F)cc(C(C)C)cc1C1(N)CC1. The molecule has 2 rings (SSSR count). The molecule has 0 bridgehead atoms. The Bertz CT molecular complexity index is 411. The van der Waals surface area contributed by atoms with Gasteiger partial charge in [-0.2, -0.15) is 0 Å². The van der Waals surface area contributed by atoms with E-state index in [0.717, 1.165) is 24.0 Å². The second kappa shape index (κ2) is 3.74. The second-order valence-electron chi connectivity index (χ2n) is 4.89. The van der Waals surface area contributed by atoms with Crippen LogP contribution in [0.1, 0.15) is 43.7 Å². The summed E-state index contributed by atoms with van der Waals surface area (Å²) in [5.41, 5.74) is 7.57. The monoisotopic (exact) mass is 223 g/mol. The molecule has 1 saturated carbocycles. The van der Waals surface area contributed by atoms with Crippen LogP contribution in [-0.2, 0) is 5.54 Å². The second-order valence-corrected chi connectivity index (χ2v) is 4.89. The topological polar surface area (TPSA) is 35.2 Å². The zero-order valence-electron chi connectivity index (χ0n) is 10.0. The molecular formula is C13H18FNO. The Morgan fingerprint density at radius 1 is 1.38 bits per heavy atom. The van der Waals surface area contributed by atoms with Gasteiger partial charge in [-0.1, -0.05) is 13.8 Å². The van der Waals surface area contributed by atoms with Gasteiger partial charge in [-0.15, -0.1) is 0 Å². The van der Waals surface area contributed by atoms with Crippen LogP contribution in [-0.4, -0.2) is 7.11 Å². The molecule has 0 heterocycles. The lowest BCUT2D eigenvalue weighted by molar-refractivity contribution is 0.376. The third-order valence-corrected chi connectivity index (χ3v) is 3.26. The van der Waals surface area contributed by atoms with E-state index in [1.54, 1.807) is 6.07 Å². The summed E-state index contributed by atoms with van der Waals surface area (Å²) in [6.07, 6.45) is 1.81. The van der Waals surface area contributed by atoms with E-state index in [4.69, 9.17) is 10.5 Å². The summed E-state index contributed by atoms with van der Waals surface area (Å²) in [6.45, 7) is 4.09. The molecule has 0 radical (unpaired) electrons. The zero-order valence-corrected chi connectivity index (χ0v) is 10.0.